The molecule has 0 unspecified atom stereocenters. The lowest BCUT2D eigenvalue weighted by Crippen LogP contribution is -2.50. The molecule has 1 aliphatic heterocycles. The number of carbonyl (C=O) groups excluding carboxylic acids is 2. The van der Waals surface area contributed by atoms with Gasteiger partial charge in [-0.1, -0.05) is 30.3 Å². The summed E-state index contributed by atoms with van der Waals surface area (Å²) in [7, 11) is 0. The van der Waals surface area contributed by atoms with Gasteiger partial charge in [0.25, 0.3) is 5.91 Å². The van der Waals surface area contributed by atoms with Gasteiger partial charge in [-0.3, -0.25) is 9.59 Å². The Balaban J connectivity index is 1.27. The predicted octanol–water partition coefficient (Wildman–Crippen LogP) is 2.28. The van der Waals surface area contributed by atoms with Gasteiger partial charge in [0.05, 0.1) is 5.69 Å². The molecule has 4 rings (SSSR count). The average molecular weight is 419 g/mol. The first-order chi connectivity index (χ1) is 15.1. The summed E-state index contributed by atoms with van der Waals surface area (Å²) in [4.78, 5) is 29.2. The van der Waals surface area contributed by atoms with Gasteiger partial charge in [0.1, 0.15) is 6.33 Å². The van der Waals surface area contributed by atoms with Crippen LogP contribution < -0.4 is 0 Å². The van der Waals surface area contributed by atoms with E-state index in [2.05, 4.69) is 27.7 Å². The van der Waals surface area contributed by atoms with Crippen LogP contribution >= 0.6 is 0 Å². The molecule has 0 spiro atoms. The number of hydrogen-bond donors (Lipinski definition) is 0. The number of benzene rings is 2. The number of aryl methyl sites for hydroxylation is 2. The van der Waals surface area contributed by atoms with Gasteiger partial charge < -0.3 is 9.80 Å². The lowest BCUT2D eigenvalue weighted by Gasteiger charge is -2.35. The highest BCUT2D eigenvalue weighted by atomic mass is 16.2. The lowest BCUT2D eigenvalue weighted by atomic mass is 10.1. The van der Waals surface area contributed by atoms with Crippen molar-refractivity contribution in [1.29, 1.82) is 0 Å². The summed E-state index contributed by atoms with van der Waals surface area (Å²) in [6.45, 7) is 4.20. The zero-order chi connectivity index (χ0) is 21.6. The first-order valence-electron chi connectivity index (χ1n) is 10.6. The number of nitrogens with zero attached hydrogens (tertiary/aromatic N) is 6. The Kier molecular flexibility index (Phi) is 6.35. The summed E-state index contributed by atoms with van der Waals surface area (Å²) >= 11 is 0. The van der Waals surface area contributed by atoms with Gasteiger partial charge in [0.2, 0.25) is 5.91 Å². The largest absolute Gasteiger partial charge is 0.339 e. The van der Waals surface area contributed by atoms with Gasteiger partial charge in [0.15, 0.2) is 0 Å². The molecular weight excluding hydrogens is 392 g/mol. The fraction of sp³-hybridized carbons (Fsp3) is 0.348. The number of tetrazole rings is 1. The molecule has 3 aromatic rings. The SMILES string of the molecule is Cc1cc(C(=O)N2CCN(C(=O)CCCc3ccccc3)CC2)ccc1-n1cnnn1. The van der Waals surface area contributed by atoms with Crippen LogP contribution in [0.2, 0.25) is 0 Å². The van der Waals surface area contributed by atoms with Gasteiger partial charge in [-0.2, -0.15) is 0 Å². The molecule has 31 heavy (non-hydrogen) atoms. The number of hydrogen-bond acceptors (Lipinski definition) is 5. The van der Waals surface area contributed by atoms with Crippen molar-refractivity contribution in [1.82, 2.24) is 30.0 Å². The Hall–Kier alpha value is -3.55. The van der Waals surface area contributed by atoms with Crippen molar-refractivity contribution in [3.05, 3.63) is 71.5 Å². The van der Waals surface area contributed by atoms with E-state index < -0.39 is 0 Å². The Labute approximate surface area is 181 Å². The minimum absolute atomic E-state index is 0.0115. The van der Waals surface area contributed by atoms with E-state index in [1.165, 1.54) is 11.9 Å². The lowest BCUT2D eigenvalue weighted by molar-refractivity contribution is -0.132. The van der Waals surface area contributed by atoms with Gasteiger partial charge >= 0.3 is 0 Å². The second kappa shape index (κ2) is 9.51. The van der Waals surface area contributed by atoms with Crippen molar-refractivity contribution in [3.63, 3.8) is 0 Å². The predicted molar refractivity (Wildman–Crippen MR) is 116 cm³/mol. The molecule has 160 valence electrons. The molecule has 0 aliphatic carbocycles. The van der Waals surface area contributed by atoms with E-state index in [4.69, 9.17) is 0 Å². The molecule has 0 radical (unpaired) electrons. The third-order valence-corrected chi connectivity index (χ3v) is 5.66. The van der Waals surface area contributed by atoms with Crippen LogP contribution in [0.1, 0.15) is 34.3 Å². The maximum atomic E-state index is 12.9. The smallest absolute Gasteiger partial charge is 0.253 e. The zero-order valence-corrected chi connectivity index (χ0v) is 17.6. The van der Waals surface area contributed by atoms with Gasteiger partial charge in [-0.05, 0) is 59.5 Å². The van der Waals surface area contributed by atoms with Crippen LogP contribution in [0.4, 0.5) is 0 Å². The van der Waals surface area contributed by atoms with Crippen LogP contribution in [0.5, 0.6) is 0 Å². The van der Waals surface area contributed by atoms with Crippen molar-refractivity contribution in [2.24, 2.45) is 0 Å². The third kappa shape index (κ3) is 4.96. The summed E-state index contributed by atoms with van der Waals surface area (Å²) in [6, 6.07) is 15.7. The summed E-state index contributed by atoms with van der Waals surface area (Å²) in [5, 5.41) is 11.2. The Morgan fingerprint density at radius 3 is 2.39 bits per heavy atom. The second-order valence-electron chi connectivity index (χ2n) is 7.77. The van der Waals surface area contributed by atoms with Crippen molar-refractivity contribution in [3.8, 4) is 5.69 Å². The molecule has 8 nitrogen and oxygen atoms in total. The molecule has 1 fully saturated rings. The molecule has 0 bridgehead atoms. The minimum Gasteiger partial charge on any atom is -0.339 e. The van der Waals surface area contributed by atoms with E-state index in [0.717, 1.165) is 24.1 Å². The fourth-order valence-electron chi connectivity index (χ4n) is 3.91. The minimum atomic E-state index is -0.0115. The van der Waals surface area contributed by atoms with Crippen molar-refractivity contribution in [2.45, 2.75) is 26.2 Å². The summed E-state index contributed by atoms with van der Waals surface area (Å²) in [5.41, 5.74) is 3.65. The average Bonchev–Trinajstić information content (AvgIpc) is 3.34. The topological polar surface area (TPSA) is 84.2 Å². The first kappa shape index (κ1) is 20.7. The van der Waals surface area contributed by atoms with E-state index in [1.807, 2.05) is 47.1 Å². The number of carbonyl (C=O) groups is 2. The summed E-state index contributed by atoms with van der Waals surface area (Å²) in [5.74, 6) is 0.159. The molecule has 1 aliphatic rings. The molecule has 2 heterocycles. The normalized spacial score (nSPS) is 14.0. The van der Waals surface area contributed by atoms with E-state index in [9.17, 15) is 9.59 Å². The molecular formula is C23H26N6O2. The van der Waals surface area contributed by atoms with Gasteiger partial charge in [-0.15, -0.1) is 5.10 Å². The molecule has 2 aromatic carbocycles. The van der Waals surface area contributed by atoms with E-state index in [1.54, 1.807) is 10.7 Å². The molecule has 2 amide bonds. The molecule has 0 atom stereocenters. The van der Waals surface area contributed by atoms with E-state index in [0.29, 0.717) is 38.2 Å². The fourth-order valence-corrected chi connectivity index (χ4v) is 3.91. The number of piperazine rings is 1. The van der Waals surface area contributed by atoms with Crippen LogP contribution in [0.3, 0.4) is 0 Å². The quantitative estimate of drug-likeness (QED) is 0.613. The number of rotatable bonds is 6. The maximum absolute atomic E-state index is 12.9. The third-order valence-electron chi connectivity index (χ3n) is 5.66. The van der Waals surface area contributed by atoms with Crippen LogP contribution in [-0.4, -0.2) is 68.0 Å². The molecule has 1 saturated heterocycles. The van der Waals surface area contributed by atoms with Crippen LogP contribution in [0, 0.1) is 6.92 Å². The molecule has 1 aromatic heterocycles. The highest BCUT2D eigenvalue weighted by molar-refractivity contribution is 5.95. The Morgan fingerprint density at radius 1 is 0.968 bits per heavy atom. The monoisotopic (exact) mass is 418 g/mol. The van der Waals surface area contributed by atoms with Gasteiger partial charge in [0, 0.05) is 38.2 Å². The highest BCUT2D eigenvalue weighted by Crippen LogP contribution is 2.17. The second-order valence-corrected chi connectivity index (χ2v) is 7.77. The maximum Gasteiger partial charge on any atom is 0.253 e. The van der Waals surface area contributed by atoms with Crippen molar-refractivity contribution >= 4 is 11.8 Å². The first-order valence-corrected chi connectivity index (χ1v) is 10.6. The van der Waals surface area contributed by atoms with Crippen molar-refractivity contribution in [2.75, 3.05) is 26.2 Å². The van der Waals surface area contributed by atoms with Crippen LogP contribution in [0.15, 0.2) is 54.9 Å². The summed E-state index contributed by atoms with van der Waals surface area (Å²) in [6.07, 6.45) is 3.82. The van der Waals surface area contributed by atoms with E-state index in [-0.39, 0.29) is 11.8 Å². The summed E-state index contributed by atoms with van der Waals surface area (Å²) < 4.78 is 1.58. The number of aromatic nitrogens is 4. The van der Waals surface area contributed by atoms with Crippen LogP contribution in [-0.2, 0) is 11.2 Å². The van der Waals surface area contributed by atoms with Crippen LogP contribution in [0.25, 0.3) is 5.69 Å². The van der Waals surface area contributed by atoms with Crippen molar-refractivity contribution < 1.29 is 9.59 Å². The number of amides is 2. The zero-order valence-electron chi connectivity index (χ0n) is 17.6. The standard InChI is InChI=1S/C23H26N6O2/c1-18-16-20(10-11-21(18)29-17-24-25-26-29)23(31)28-14-12-27(13-15-28)22(30)9-5-8-19-6-3-2-4-7-19/h2-4,6-7,10-11,16-17H,5,8-9,12-15H2,1H3. The van der Waals surface area contributed by atoms with Gasteiger partial charge in [-0.25, -0.2) is 4.68 Å². The molecule has 0 N–H and O–H groups in total. The Bertz CT molecular complexity index is 1030. The highest BCUT2D eigenvalue weighted by Gasteiger charge is 2.25. The Morgan fingerprint density at radius 2 is 1.71 bits per heavy atom. The van der Waals surface area contributed by atoms with E-state index >= 15 is 0 Å². The molecule has 0 saturated carbocycles. The molecule has 8 heteroatoms.